The molecule has 1 rings (SSSR count). The summed E-state index contributed by atoms with van der Waals surface area (Å²) in [7, 11) is 1.51. The lowest BCUT2D eigenvalue weighted by Gasteiger charge is -2.07. The molecule has 0 unspecified atom stereocenters. The Balaban J connectivity index is 3.34. The molecule has 0 aliphatic rings. The molecule has 0 radical (unpaired) electrons. The molecule has 0 aliphatic heterocycles. The molecule has 1 aromatic rings. The summed E-state index contributed by atoms with van der Waals surface area (Å²) in [4.78, 5) is 0. The van der Waals surface area contributed by atoms with Crippen molar-refractivity contribution in [1.82, 2.24) is 0 Å². The summed E-state index contributed by atoms with van der Waals surface area (Å²) in [6.07, 6.45) is 3.36. The fourth-order valence-electron chi connectivity index (χ4n) is 1.12. The van der Waals surface area contributed by atoms with E-state index in [2.05, 4.69) is 13.2 Å². The molecular weight excluding hydrogens is 164 g/mol. The molecule has 0 bridgehead atoms. The topological polar surface area (TPSA) is 29.5 Å². The van der Waals surface area contributed by atoms with Crippen molar-refractivity contribution >= 4 is 12.2 Å². The Hall–Kier alpha value is -1.70. The number of methoxy groups -OCH3 is 1. The molecule has 0 heterocycles. The second-order valence-corrected chi connectivity index (χ2v) is 2.56. The number of ether oxygens (including phenoxy) is 1. The highest BCUT2D eigenvalue weighted by Crippen LogP contribution is 2.30. The summed E-state index contributed by atoms with van der Waals surface area (Å²) in [5, 5.41) is 9.44. The molecule has 0 amide bonds. The number of aromatic hydroxyl groups is 1. The monoisotopic (exact) mass is 176 g/mol. The van der Waals surface area contributed by atoms with E-state index in [1.807, 2.05) is 0 Å². The molecule has 0 aromatic heterocycles. The number of rotatable bonds is 3. The minimum absolute atomic E-state index is 0.114. The Kier molecular flexibility index (Phi) is 2.75. The van der Waals surface area contributed by atoms with Gasteiger partial charge in [-0.2, -0.15) is 0 Å². The van der Waals surface area contributed by atoms with E-state index in [-0.39, 0.29) is 5.75 Å². The fourth-order valence-corrected chi connectivity index (χ4v) is 1.12. The minimum Gasteiger partial charge on any atom is -0.504 e. The average molecular weight is 176 g/mol. The molecule has 0 aliphatic carbocycles. The van der Waals surface area contributed by atoms with Gasteiger partial charge in [-0.05, 0) is 23.3 Å². The second-order valence-electron chi connectivity index (χ2n) is 2.56. The van der Waals surface area contributed by atoms with Crippen molar-refractivity contribution in [1.29, 1.82) is 0 Å². The molecule has 13 heavy (non-hydrogen) atoms. The maximum atomic E-state index is 9.44. The molecule has 2 heteroatoms. The quantitative estimate of drug-likeness (QED) is 0.767. The zero-order valence-electron chi connectivity index (χ0n) is 7.58. The van der Waals surface area contributed by atoms with Crippen LogP contribution in [0, 0.1) is 0 Å². The van der Waals surface area contributed by atoms with Crippen molar-refractivity contribution < 1.29 is 9.84 Å². The van der Waals surface area contributed by atoms with E-state index in [4.69, 9.17) is 4.74 Å². The van der Waals surface area contributed by atoms with E-state index in [1.165, 1.54) is 7.11 Å². The van der Waals surface area contributed by atoms with Gasteiger partial charge in [-0.15, -0.1) is 0 Å². The minimum atomic E-state index is 0.114. The number of hydrogen-bond acceptors (Lipinski definition) is 2. The predicted octanol–water partition coefficient (Wildman–Crippen LogP) is 2.69. The first-order valence-corrected chi connectivity index (χ1v) is 3.88. The SMILES string of the molecule is C=Cc1cc(O)c(OC)cc1C=C. The highest BCUT2D eigenvalue weighted by Gasteiger charge is 2.04. The first-order valence-electron chi connectivity index (χ1n) is 3.88. The Bertz CT molecular complexity index is 340. The van der Waals surface area contributed by atoms with Crippen LogP contribution in [-0.4, -0.2) is 12.2 Å². The van der Waals surface area contributed by atoms with Crippen molar-refractivity contribution in [3.05, 3.63) is 36.4 Å². The van der Waals surface area contributed by atoms with Crippen molar-refractivity contribution in [3.8, 4) is 11.5 Å². The maximum absolute atomic E-state index is 9.44. The summed E-state index contributed by atoms with van der Waals surface area (Å²) in [5.74, 6) is 0.559. The molecule has 1 aromatic carbocycles. The van der Waals surface area contributed by atoms with E-state index in [0.717, 1.165) is 11.1 Å². The van der Waals surface area contributed by atoms with Gasteiger partial charge in [-0.1, -0.05) is 25.3 Å². The molecule has 0 atom stereocenters. The molecule has 0 saturated carbocycles. The van der Waals surface area contributed by atoms with Gasteiger partial charge in [0.15, 0.2) is 11.5 Å². The standard InChI is InChI=1S/C11H12O2/c1-4-8-6-10(12)11(13-3)7-9(8)5-2/h4-7,12H,1-2H2,3H3. The van der Waals surface area contributed by atoms with Crippen molar-refractivity contribution in [2.45, 2.75) is 0 Å². The van der Waals surface area contributed by atoms with Crippen LogP contribution < -0.4 is 4.74 Å². The van der Waals surface area contributed by atoms with Gasteiger partial charge < -0.3 is 9.84 Å². The molecule has 0 saturated heterocycles. The first kappa shape index (κ1) is 9.39. The van der Waals surface area contributed by atoms with Gasteiger partial charge in [0.1, 0.15) is 0 Å². The molecule has 0 spiro atoms. The molecule has 2 nitrogen and oxygen atoms in total. The summed E-state index contributed by atoms with van der Waals surface area (Å²) in [6, 6.07) is 3.32. The summed E-state index contributed by atoms with van der Waals surface area (Å²) >= 11 is 0. The third-order valence-electron chi connectivity index (χ3n) is 1.82. The van der Waals surface area contributed by atoms with Gasteiger partial charge in [-0.25, -0.2) is 0 Å². The number of hydrogen-bond donors (Lipinski definition) is 1. The molecule has 0 fully saturated rings. The lowest BCUT2D eigenvalue weighted by molar-refractivity contribution is 0.373. The van der Waals surface area contributed by atoms with Gasteiger partial charge in [0.2, 0.25) is 0 Å². The first-order chi connectivity index (χ1) is 6.22. The zero-order valence-corrected chi connectivity index (χ0v) is 7.58. The fraction of sp³-hybridized carbons (Fsp3) is 0.0909. The second kappa shape index (κ2) is 3.81. The largest absolute Gasteiger partial charge is 0.504 e. The van der Waals surface area contributed by atoms with Gasteiger partial charge in [0.05, 0.1) is 7.11 Å². The maximum Gasteiger partial charge on any atom is 0.161 e. The Labute approximate surface area is 77.8 Å². The summed E-state index contributed by atoms with van der Waals surface area (Å²) < 4.78 is 4.95. The van der Waals surface area contributed by atoms with Crippen LogP contribution in [0.3, 0.4) is 0 Å². The molecular formula is C11H12O2. The normalized spacial score (nSPS) is 9.31. The van der Waals surface area contributed by atoms with E-state index < -0.39 is 0 Å². The summed E-state index contributed by atoms with van der Waals surface area (Å²) in [6.45, 7) is 7.30. The molecule has 1 N–H and O–H groups in total. The number of phenolic OH excluding ortho intramolecular Hbond substituents is 1. The van der Waals surface area contributed by atoms with E-state index in [9.17, 15) is 5.11 Å². The van der Waals surface area contributed by atoms with Crippen molar-refractivity contribution in [3.63, 3.8) is 0 Å². The highest BCUT2D eigenvalue weighted by atomic mass is 16.5. The van der Waals surface area contributed by atoms with Gasteiger partial charge in [0, 0.05) is 0 Å². The third kappa shape index (κ3) is 1.72. The highest BCUT2D eigenvalue weighted by molar-refractivity contribution is 5.67. The van der Waals surface area contributed by atoms with E-state index in [1.54, 1.807) is 24.3 Å². The van der Waals surface area contributed by atoms with Gasteiger partial charge in [0.25, 0.3) is 0 Å². The Morgan fingerprint density at radius 3 is 2.23 bits per heavy atom. The van der Waals surface area contributed by atoms with Crippen LogP contribution in [-0.2, 0) is 0 Å². The number of phenols is 1. The molecule has 68 valence electrons. The van der Waals surface area contributed by atoms with Crippen LogP contribution >= 0.6 is 0 Å². The smallest absolute Gasteiger partial charge is 0.161 e. The Morgan fingerprint density at radius 2 is 1.77 bits per heavy atom. The van der Waals surface area contributed by atoms with Crippen LogP contribution in [0.2, 0.25) is 0 Å². The van der Waals surface area contributed by atoms with Crippen molar-refractivity contribution in [2.24, 2.45) is 0 Å². The van der Waals surface area contributed by atoms with Crippen LogP contribution in [0.15, 0.2) is 25.3 Å². The van der Waals surface area contributed by atoms with Crippen molar-refractivity contribution in [2.75, 3.05) is 7.11 Å². The zero-order chi connectivity index (χ0) is 9.84. The van der Waals surface area contributed by atoms with Gasteiger partial charge >= 0.3 is 0 Å². The number of benzene rings is 1. The van der Waals surface area contributed by atoms with Gasteiger partial charge in [-0.3, -0.25) is 0 Å². The third-order valence-corrected chi connectivity index (χ3v) is 1.82. The predicted molar refractivity (Wildman–Crippen MR) is 54.8 cm³/mol. The van der Waals surface area contributed by atoms with E-state index >= 15 is 0 Å². The van der Waals surface area contributed by atoms with Crippen LogP contribution in [0.5, 0.6) is 11.5 Å². The lowest BCUT2D eigenvalue weighted by atomic mass is 10.1. The lowest BCUT2D eigenvalue weighted by Crippen LogP contribution is -1.87. The average Bonchev–Trinajstić information content (AvgIpc) is 2.17. The van der Waals surface area contributed by atoms with Crippen LogP contribution in [0.4, 0.5) is 0 Å². The summed E-state index contributed by atoms with van der Waals surface area (Å²) in [5.41, 5.74) is 1.73. The van der Waals surface area contributed by atoms with Crippen LogP contribution in [0.1, 0.15) is 11.1 Å². The van der Waals surface area contributed by atoms with E-state index in [0.29, 0.717) is 5.75 Å². The Morgan fingerprint density at radius 1 is 1.23 bits per heavy atom. The van der Waals surface area contributed by atoms with Crippen LogP contribution in [0.25, 0.3) is 12.2 Å².